The molecule has 0 aromatic rings. The zero-order valence-electron chi connectivity index (χ0n) is 13.6. The summed E-state index contributed by atoms with van der Waals surface area (Å²) in [5, 5.41) is 0. The molecule has 1 nitrogen and oxygen atoms in total. The lowest BCUT2D eigenvalue weighted by Gasteiger charge is -2.52. The lowest BCUT2D eigenvalue weighted by atomic mass is 9.52. The van der Waals surface area contributed by atoms with Crippen LogP contribution < -0.4 is 0 Å². The van der Waals surface area contributed by atoms with Crippen LogP contribution in [0.4, 0.5) is 0 Å². The smallest absolute Gasteiger partial charge is 0.139 e. The molecule has 21 heavy (non-hydrogen) atoms. The van der Waals surface area contributed by atoms with Crippen molar-refractivity contribution < 1.29 is 4.79 Å². The number of hydrogen-bond acceptors (Lipinski definition) is 1. The molecule has 0 radical (unpaired) electrons. The maximum atomic E-state index is 12.4. The second-order valence-electron chi connectivity index (χ2n) is 8.45. The summed E-state index contributed by atoms with van der Waals surface area (Å²) in [5.41, 5.74) is 4.99. The number of fused-ring (bicyclic) bond motifs is 4. The number of hydrogen-bond donors (Lipinski definition) is 0. The molecule has 5 atom stereocenters. The predicted octanol–water partition coefficient (Wildman–Crippen LogP) is 5.07. The van der Waals surface area contributed by atoms with Gasteiger partial charge in [-0.15, -0.1) is 0 Å². The quantitative estimate of drug-likeness (QED) is 0.567. The van der Waals surface area contributed by atoms with Crippen LogP contribution >= 0.6 is 0 Å². The molecular weight excluding hydrogens is 256 g/mol. The lowest BCUT2D eigenvalue weighted by Crippen LogP contribution is -2.46. The van der Waals surface area contributed by atoms with Crippen LogP contribution in [0.15, 0.2) is 23.3 Å². The standard InChI is InChI=1S/C20H28O/c1-12-4-5-15-14(10-12)11-13(2)19-16(15)8-9-20(3)17(19)6-7-18(20)21/h13,16-17,19H,1,4-11H2,2-3H3/t13-,16-,17+,19-,20+/m1/s1. The Labute approximate surface area is 128 Å². The van der Waals surface area contributed by atoms with Crippen LogP contribution in [0, 0.1) is 29.1 Å². The molecule has 4 rings (SSSR count). The topological polar surface area (TPSA) is 17.1 Å². The van der Waals surface area contributed by atoms with Gasteiger partial charge in [0.1, 0.15) is 5.78 Å². The minimum absolute atomic E-state index is 0.0196. The third kappa shape index (κ3) is 1.85. The summed E-state index contributed by atoms with van der Waals surface area (Å²) < 4.78 is 0. The first-order chi connectivity index (χ1) is 10.0. The van der Waals surface area contributed by atoms with Gasteiger partial charge in [-0.3, -0.25) is 4.79 Å². The van der Waals surface area contributed by atoms with E-state index in [-0.39, 0.29) is 5.41 Å². The van der Waals surface area contributed by atoms with Crippen LogP contribution in [0.5, 0.6) is 0 Å². The van der Waals surface area contributed by atoms with E-state index in [1.54, 1.807) is 11.1 Å². The number of allylic oxidation sites excluding steroid dienone is 3. The molecular formula is C20H28O. The summed E-state index contributed by atoms with van der Waals surface area (Å²) in [7, 11) is 0. The Kier molecular flexibility index (Phi) is 3.00. The highest BCUT2D eigenvalue weighted by Crippen LogP contribution is 2.61. The molecule has 0 unspecified atom stereocenters. The van der Waals surface area contributed by atoms with Gasteiger partial charge >= 0.3 is 0 Å². The van der Waals surface area contributed by atoms with E-state index in [0.717, 1.165) is 37.0 Å². The fourth-order valence-corrected chi connectivity index (χ4v) is 6.33. The minimum atomic E-state index is 0.0196. The second-order valence-corrected chi connectivity index (χ2v) is 8.45. The number of rotatable bonds is 0. The average molecular weight is 284 g/mol. The van der Waals surface area contributed by atoms with Gasteiger partial charge in [-0.1, -0.05) is 37.1 Å². The van der Waals surface area contributed by atoms with E-state index in [1.165, 1.54) is 37.7 Å². The molecule has 2 saturated carbocycles. The highest BCUT2D eigenvalue weighted by atomic mass is 16.1. The average Bonchev–Trinajstić information content (AvgIpc) is 2.74. The van der Waals surface area contributed by atoms with Crippen LogP contribution in [-0.2, 0) is 4.79 Å². The Balaban J connectivity index is 1.72. The monoisotopic (exact) mass is 284 g/mol. The number of ketones is 1. The van der Waals surface area contributed by atoms with Crippen molar-refractivity contribution in [1.82, 2.24) is 0 Å². The molecule has 4 aliphatic carbocycles. The van der Waals surface area contributed by atoms with Crippen molar-refractivity contribution >= 4 is 5.78 Å². The third-order valence-corrected chi connectivity index (χ3v) is 7.38. The Morgan fingerprint density at radius 1 is 1.19 bits per heavy atom. The largest absolute Gasteiger partial charge is 0.299 e. The first-order valence-corrected chi connectivity index (χ1v) is 8.91. The Bertz CT molecular complexity index is 540. The van der Waals surface area contributed by atoms with E-state index < -0.39 is 0 Å². The van der Waals surface area contributed by atoms with Gasteiger partial charge < -0.3 is 0 Å². The van der Waals surface area contributed by atoms with Crippen molar-refractivity contribution in [3.63, 3.8) is 0 Å². The molecule has 1 heteroatoms. The molecule has 0 aliphatic heterocycles. The van der Waals surface area contributed by atoms with E-state index in [2.05, 4.69) is 20.4 Å². The van der Waals surface area contributed by atoms with Gasteiger partial charge in [-0.05, 0) is 68.6 Å². The van der Waals surface area contributed by atoms with E-state index in [9.17, 15) is 4.79 Å². The molecule has 0 N–H and O–H groups in total. The highest BCUT2D eigenvalue weighted by Gasteiger charge is 2.56. The van der Waals surface area contributed by atoms with Crippen molar-refractivity contribution in [2.24, 2.45) is 29.1 Å². The summed E-state index contributed by atoms with van der Waals surface area (Å²) in [6.45, 7) is 8.96. The maximum Gasteiger partial charge on any atom is 0.139 e. The van der Waals surface area contributed by atoms with E-state index in [0.29, 0.717) is 11.7 Å². The van der Waals surface area contributed by atoms with Crippen LogP contribution in [0.1, 0.15) is 65.2 Å². The van der Waals surface area contributed by atoms with Crippen molar-refractivity contribution in [2.45, 2.75) is 65.2 Å². The van der Waals surface area contributed by atoms with Crippen LogP contribution in [0.2, 0.25) is 0 Å². The molecule has 0 spiro atoms. The molecule has 0 saturated heterocycles. The minimum Gasteiger partial charge on any atom is -0.299 e. The van der Waals surface area contributed by atoms with Gasteiger partial charge in [0.05, 0.1) is 0 Å². The van der Waals surface area contributed by atoms with Gasteiger partial charge in [-0.2, -0.15) is 0 Å². The summed E-state index contributed by atoms with van der Waals surface area (Å²) in [6, 6.07) is 0. The van der Waals surface area contributed by atoms with Crippen molar-refractivity contribution in [1.29, 1.82) is 0 Å². The van der Waals surface area contributed by atoms with Crippen molar-refractivity contribution in [2.75, 3.05) is 0 Å². The van der Waals surface area contributed by atoms with Crippen LogP contribution in [0.25, 0.3) is 0 Å². The Hall–Kier alpha value is -0.850. The summed E-state index contributed by atoms with van der Waals surface area (Å²) in [6.07, 6.45) is 9.33. The predicted molar refractivity (Wildman–Crippen MR) is 85.9 cm³/mol. The van der Waals surface area contributed by atoms with Gasteiger partial charge in [0.15, 0.2) is 0 Å². The molecule has 0 amide bonds. The molecule has 114 valence electrons. The summed E-state index contributed by atoms with van der Waals surface area (Å²) >= 11 is 0. The van der Waals surface area contributed by atoms with E-state index in [4.69, 9.17) is 0 Å². The molecule has 2 fully saturated rings. The van der Waals surface area contributed by atoms with Gasteiger partial charge in [0.2, 0.25) is 0 Å². The zero-order chi connectivity index (χ0) is 14.8. The van der Waals surface area contributed by atoms with Gasteiger partial charge in [0.25, 0.3) is 0 Å². The lowest BCUT2D eigenvalue weighted by molar-refractivity contribution is -0.130. The first-order valence-electron chi connectivity index (χ1n) is 8.91. The van der Waals surface area contributed by atoms with Crippen LogP contribution in [-0.4, -0.2) is 5.78 Å². The van der Waals surface area contributed by atoms with Crippen LogP contribution in [0.3, 0.4) is 0 Å². The summed E-state index contributed by atoms with van der Waals surface area (Å²) in [5.74, 6) is 3.56. The Morgan fingerprint density at radius 2 is 2.00 bits per heavy atom. The molecule has 0 bridgehead atoms. The fraction of sp³-hybridized carbons (Fsp3) is 0.750. The third-order valence-electron chi connectivity index (χ3n) is 7.38. The summed E-state index contributed by atoms with van der Waals surface area (Å²) in [4.78, 5) is 12.4. The van der Waals surface area contributed by atoms with E-state index in [1.807, 2.05) is 0 Å². The zero-order valence-corrected chi connectivity index (χ0v) is 13.6. The highest BCUT2D eigenvalue weighted by molar-refractivity contribution is 5.87. The second kappa shape index (κ2) is 4.57. The maximum absolute atomic E-state index is 12.4. The molecule has 0 heterocycles. The SMILES string of the molecule is C=C1CCC2=C(C1)C[C@@H](C)[C@@H]1[C@@H]2CC[C@]2(C)C(=O)CC[C@@H]12. The number of carbonyl (C=O) groups is 1. The Morgan fingerprint density at radius 3 is 2.81 bits per heavy atom. The fourth-order valence-electron chi connectivity index (χ4n) is 6.33. The first kappa shape index (κ1) is 13.8. The molecule has 0 aromatic heterocycles. The molecule has 4 aliphatic rings. The van der Waals surface area contributed by atoms with Crippen molar-refractivity contribution in [3.05, 3.63) is 23.3 Å². The van der Waals surface area contributed by atoms with Gasteiger partial charge in [0, 0.05) is 11.8 Å². The number of Topliss-reactive ketones (excluding diaryl/α,β-unsaturated/α-hetero) is 1. The van der Waals surface area contributed by atoms with E-state index >= 15 is 0 Å². The normalized spacial score (nSPS) is 46.2. The molecule has 0 aromatic carbocycles. The number of carbonyl (C=O) groups excluding carboxylic acids is 1. The van der Waals surface area contributed by atoms with Gasteiger partial charge in [-0.25, -0.2) is 0 Å². The van der Waals surface area contributed by atoms with Crippen molar-refractivity contribution in [3.8, 4) is 0 Å².